The molecule has 5 nitrogen and oxygen atoms in total. The SMILES string of the molecule is NC(=O)c1ncccc1-c1ccc(Oc2ccc(F)cc2)nc1. The molecule has 0 bridgehead atoms. The number of benzene rings is 1. The van der Waals surface area contributed by atoms with Crippen LogP contribution in [0.1, 0.15) is 10.5 Å². The average molecular weight is 309 g/mol. The normalized spacial score (nSPS) is 10.3. The van der Waals surface area contributed by atoms with Crippen molar-refractivity contribution in [3.63, 3.8) is 0 Å². The molecule has 2 N–H and O–H groups in total. The van der Waals surface area contributed by atoms with Gasteiger partial charge in [0, 0.05) is 29.6 Å². The Morgan fingerprint density at radius 3 is 2.48 bits per heavy atom. The van der Waals surface area contributed by atoms with Gasteiger partial charge in [-0.05, 0) is 36.4 Å². The molecule has 1 amide bonds. The molecule has 0 saturated heterocycles. The summed E-state index contributed by atoms with van der Waals surface area (Å²) < 4.78 is 18.4. The molecule has 0 atom stereocenters. The maximum atomic E-state index is 12.9. The van der Waals surface area contributed by atoms with Crippen LogP contribution in [0.25, 0.3) is 11.1 Å². The van der Waals surface area contributed by atoms with Crippen molar-refractivity contribution < 1.29 is 13.9 Å². The van der Waals surface area contributed by atoms with Crippen molar-refractivity contribution in [2.45, 2.75) is 0 Å². The molecule has 0 unspecified atom stereocenters. The third kappa shape index (κ3) is 3.32. The molecular formula is C17H12FN3O2. The third-order valence-corrected chi connectivity index (χ3v) is 3.12. The van der Waals surface area contributed by atoms with Crippen molar-refractivity contribution in [3.05, 3.63) is 72.4 Å². The van der Waals surface area contributed by atoms with Crippen molar-refractivity contribution >= 4 is 5.91 Å². The van der Waals surface area contributed by atoms with Crippen LogP contribution in [0.5, 0.6) is 11.6 Å². The van der Waals surface area contributed by atoms with E-state index in [1.165, 1.54) is 30.5 Å². The molecule has 0 spiro atoms. The average Bonchev–Trinajstić information content (AvgIpc) is 2.58. The molecule has 2 aromatic heterocycles. The Labute approximate surface area is 131 Å². The van der Waals surface area contributed by atoms with E-state index in [4.69, 9.17) is 10.5 Å². The molecule has 114 valence electrons. The van der Waals surface area contributed by atoms with Crippen molar-refractivity contribution in [1.82, 2.24) is 9.97 Å². The van der Waals surface area contributed by atoms with Crippen LogP contribution in [0.2, 0.25) is 0 Å². The summed E-state index contributed by atoms with van der Waals surface area (Å²) in [4.78, 5) is 19.6. The number of ether oxygens (including phenoxy) is 1. The van der Waals surface area contributed by atoms with Crippen LogP contribution >= 0.6 is 0 Å². The van der Waals surface area contributed by atoms with E-state index >= 15 is 0 Å². The minimum absolute atomic E-state index is 0.182. The van der Waals surface area contributed by atoms with Gasteiger partial charge in [-0.1, -0.05) is 6.07 Å². The number of nitrogens with zero attached hydrogens (tertiary/aromatic N) is 2. The molecule has 1 aromatic carbocycles. The molecule has 0 aliphatic heterocycles. The smallest absolute Gasteiger partial charge is 0.267 e. The van der Waals surface area contributed by atoms with E-state index in [0.717, 1.165) is 0 Å². The summed E-state index contributed by atoms with van der Waals surface area (Å²) in [6.07, 6.45) is 3.06. The lowest BCUT2D eigenvalue weighted by Crippen LogP contribution is -2.14. The zero-order valence-corrected chi connectivity index (χ0v) is 11.9. The van der Waals surface area contributed by atoms with Gasteiger partial charge in [0.2, 0.25) is 5.88 Å². The van der Waals surface area contributed by atoms with E-state index in [-0.39, 0.29) is 11.5 Å². The standard InChI is InChI=1S/C17H12FN3O2/c18-12-4-6-13(7-5-12)23-15-8-3-11(10-21-15)14-2-1-9-20-16(14)17(19)22/h1-10H,(H2,19,22). The van der Waals surface area contributed by atoms with E-state index in [1.54, 1.807) is 30.5 Å². The fraction of sp³-hybridized carbons (Fsp3) is 0. The zero-order chi connectivity index (χ0) is 16.2. The highest BCUT2D eigenvalue weighted by molar-refractivity contribution is 5.97. The fourth-order valence-corrected chi connectivity index (χ4v) is 2.06. The van der Waals surface area contributed by atoms with E-state index in [9.17, 15) is 9.18 Å². The molecule has 3 aromatic rings. The molecule has 6 heteroatoms. The molecule has 0 saturated carbocycles. The summed E-state index contributed by atoms with van der Waals surface area (Å²) in [7, 11) is 0. The van der Waals surface area contributed by atoms with Gasteiger partial charge in [-0.25, -0.2) is 9.37 Å². The first-order chi connectivity index (χ1) is 11.1. The number of rotatable bonds is 4. The predicted octanol–water partition coefficient (Wildman–Crippen LogP) is 3.17. The molecule has 0 aliphatic rings. The van der Waals surface area contributed by atoms with Crippen molar-refractivity contribution in [1.29, 1.82) is 0 Å². The maximum Gasteiger partial charge on any atom is 0.267 e. The molecule has 0 radical (unpaired) electrons. The Balaban J connectivity index is 1.85. The molecule has 23 heavy (non-hydrogen) atoms. The monoisotopic (exact) mass is 309 g/mol. The van der Waals surface area contributed by atoms with E-state index < -0.39 is 5.91 Å². The van der Waals surface area contributed by atoms with Gasteiger partial charge in [0.05, 0.1) is 0 Å². The van der Waals surface area contributed by atoms with Gasteiger partial charge >= 0.3 is 0 Å². The van der Waals surface area contributed by atoms with Crippen LogP contribution < -0.4 is 10.5 Å². The maximum absolute atomic E-state index is 12.9. The number of hydrogen-bond acceptors (Lipinski definition) is 4. The van der Waals surface area contributed by atoms with E-state index in [2.05, 4.69) is 9.97 Å². The first kappa shape index (κ1) is 14.6. The Hall–Kier alpha value is -3.28. The number of aromatic nitrogens is 2. The van der Waals surface area contributed by atoms with Crippen LogP contribution in [-0.4, -0.2) is 15.9 Å². The molecule has 2 heterocycles. The Morgan fingerprint density at radius 2 is 1.83 bits per heavy atom. The van der Waals surface area contributed by atoms with E-state index in [0.29, 0.717) is 22.8 Å². The summed E-state index contributed by atoms with van der Waals surface area (Å²) >= 11 is 0. The number of pyridine rings is 2. The zero-order valence-electron chi connectivity index (χ0n) is 11.9. The van der Waals surface area contributed by atoms with Gasteiger partial charge in [-0.3, -0.25) is 9.78 Å². The number of amides is 1. The first-order valence-corrected chi connectivity index (χ1v) is 6.78. The van der Waals surface area contributed by atoms with Crippen molar-refractivity contribution in [2.24, 2.45) is 5.73 Å². The summed E-state index contributed by atoms with van der Waals surface area (Å²) in [5.41, 5.74) is 6.79. The van der Waals surface area contributed by atoms with Crippen LogP contribution in [-0.2, 0) is 0 Å². The second-order valence-corrected chi connectivity index (χ2v) is 4.70. The van der Waals surface area contributed by atoms with Crippen LogP contribution in [0.15, 0.2) is 60.9 Å². The number of hydrogen-bond donors (Lipinski definition) is 1. The molecular weight excluding hydrogens is 297 g/mol. The molecule has 0 fully saturated rings. The Morgan fingerprint density at radius 1 is 1.04 bits per heavy atom. The predicted molar refractivity (Wildman–Crippen MR) is 82.5 cm³/mol. The van der Waals surface area contributed by atoms with Crippen LogP contribution in [0, 0.1) is 5.82 Å². The van der Waals surface area contributed by atoms with Gasteiger partial charge in [0.1, 0.15) is 17.3 Å². The number of carbonyl (C=O) groups is 1. The summed E-state index contributed by atoms with van der Waals surface area (Å²) in [6, 6.07) is 12.5. The second kappa shape index (κ2) is 6.23. The lowest BCUT2D eigenvalue weighted by molar-refractivity contribution is 0.0996. The fourth-order valence-electron chi connectivity index (χ4n) is 2.06. The van der Waals surface area contributed by atoms with Gasteiger partial charge in [-0.2, -0.15) is 0 Å². The Bertz CT molecular complexity index is 833. The quantitative estimate of drug-likeness (QED) is 0.803. The highest BCUT2D eigenvalue weighted by atomic mass is 19.1. The number of halogens is 1. The highest BCUT2D eigenvalue weighted by Gasteiger charge is 2.11. The third-order valence-electron chi connectivity index (χ3n) is 3.12. The van der Waals surface area contributed by atoms with Gasteiger partial charge in [-0.15, -0.1) is 0 Å². The lowest BCUT2D eigenvalue weighted by atomic mass is 10.1. The minimum atomic E-state index is -0.604. The number of nitrogens with two attached hydrogens (primary N) is 1. The van der Waals surface area contributed by atoms with Crippen LogP contribution in [0.4, 0.5) is 4.39 Å². The minimum Gasteiger partial charge on any atom is -0.439 e. The van der Waals surface area contributed by atoms with Crippen LogP contribution in [0.3, 0.4) is 0 Å². The number of carbonyl (C=O) groups excluding carboxylic acids is 1. The van der Waals surface area contributed by atoms with Gasteiger partial charge in [0.15, 0.2) is 0 Å². The number of primary amides is 1. The summed E-state index contributed by atoms with van der Waals surface area (Å²) in [5.74, 6) is -0.112. The summed E-state index contributed by atoms with van der Waals surface area (Å²) in [6.45, 7) is 0. The Kier molecular flexibility index (Phi) is 3.97. The second-order valence-electron chi connectivity index (χ2n) is 4.70. The first-order valence-electron chi connectivity index (χ1n) is 6.78. The highest BCUT2D eigenvalue weighted by Crippen LogP contribution is 2.25. The van der Waals surface area contributed by atoms with Crippen molar-refractivity contribution in [3.8, 4) is 22.8 Å². The largest absolute Gasteiger partial charge is 0.439 e. The summed E-state index contributed by atoms with van der Waals surface area (Å²) in [5, 5.41) is 0. The van der Waals surface area contributed by atoms with Gasteiger partial charge in [0.25, 0.3) is 5.91 Å². The lowest BCUT2D eigenvalue weighted by Gasteiger charge is -2.07. The van der Waals surface area contributed by atoms with Gasteiger partial charge < -0.3 is 10.5 Å². The topological polar surface area (TPSA) is 78.1 Å². The van der Waals surface area contributed by atoms with E-state index in [1.807, 2.05) is 0 Å². The van der Waals surface area contributed by atoms with Crippen molar-refractivity contribution in [2.75, 3.05) is 0 Å². The molecule has 0 aliphatic carbocycles. The molecule has 3 rings (SSSR count).